The third kappa shape index (κ3) is 3.66. The summed E-state index contributed by atoms with van der Waals surface area (Å²) >= 11 is 3.73. The molecule has 37 heavy (non-hydrogen) atoms. The Morgan fingerprint density at radius 2 is 1.14 bits per heavy atom. The van der Waals surface area contributed by atoms with Gasteiger partial charge in [-0.2, -0.15) is 0 Å². The van der Waals surface area contributed by atoms with Crippen molar-refractivity contribution in [2.45, 2.75) is 115 Å². The van der Waals surface area contributed by atoms with Gasteiger partial charge in [-0.05, 0) is 124 Å². The average molecular weight is 561 g/mol. The summed E-state index contributed by atoms with van der Waals surface area (Å²) in [6, 6.07) is 4.49. The molecule has 0 radical (unpaired) electrons. The number of nitrogens with zero attached hydrogens (tertiary/aromatic N) is 3. The Kier molecular flexibility index (Phi) is 5.33. The van der Waals surface area contributed by atoms with Crippen LogP contribution in [0.2, 0.25) is 0 Å². The van der Waals surface area contributed by atoms with Crippen LogP contribution in [0.15, 0.2) is 16.6 Å². The highest BCUT2D eigenvalue weighted by Gasteiger charge is 2.56. The highest BCUT2D eigenvalue weighted by Crippen LogP contribution is 2.62. The van der Waals surface area contributed by atoms with Gasteiger partial charge in [-0.1, -0.05) is 54.5 Å². The van der Waals surface area contributed by atoms with E-state index in [0.29, 0.717) is 0 Å². The summed E-state index contributed by atoms with van der Waals surface area (Å²) < 4.78 is 1.15. The smallest absolute Gasteiger partial charge is 0.163 e. The molecule has 0 aliphatic heterocycles. The molecule has 0 spiro atoms. The number of hydrogen-bond donors (Lipinski definition) is 0. The molecule has 0 saturated heterocycles. The average Bonchev–Trinajstić information content (AvgIpc) is 3.13. The molecular weight excluding hydrogens is 518 g/mol. The maximum Gasteiger partial charge on any atom is 0.163 e. The van der Waals surface area contributed by atoms with Gasteiger partial charge < -0.3 is 0 Å². The van der Waals surface area contributed by atoms with Crippen LogP contribution < -0.4 is 0 Å². The van der Waals surface area contributed by atoms with Crippen molar-refractivity contribution in [3.05, 3.63) is 39.4 Å². The zero-order chi connectivity index (χ0) is 24.9. The fourth-order valence-corrected chi connectivity index (χ4v) is 11.8. The van der Waals surface area contributed by atoms with E-state index in [4.69, 9.17) is 15.0 Å². The van der Waals surface area contributed by atoms with Crippen LogP contribution >= 0.6 is 15.9 Å². The quantitative estimate of drug-likeness (QED) is 0.377. The van der Waals surface area contributed by atoms with Gasteiger partial charge in [-0.3, -0.25) is 0 Å². The van der Waals surface area contributed by atoms with Gasteiger partial charge in [-0.25, -0.2) is 15.0 Å². The highest BCUT2D eigenvalue weighted by molar-refractivity contribution is 9.10. The third-order valence-corrected chi connectivity index (χ3v) is 12.7. The maximum absolute atomic E-state index is 5.65. The molecule has 3 nitrogen and oxygen atoms in total. The predicted octanol–water partition coefficient (Wildman–Crippen LogP) is 8.63. The van der Waals surface area contributed by atoms with Crippen LogP contribution in [-0.2, 0) is 10.8 Å². The van der Waals surface area contributed by atoms with Gasteiger partial charge in [0.1, 0.15) is 11.6 Å². The number of rotatable bonds is 3. The van der Waals surface area contributed by atoms with Crippen LogP contribution in [0, 0.1) is 49.4 Å². The molecule has 6 aliphatic carbocycles. The Morgan fingerprint density at radius 1 is 0.649 bits per heavy atom. The maximum atomic E-state index is 5.65. The van der Waals surface area contributed by atoms with Gasteiger partial charge >= 0.3 is 0 Å². The first-order chi connectivity index (χ1) is 17.9. The second kappa shape index (κ2) is 8.35. The van der Waals surface area contributed by atoms with Gasteiger partial charge in [0, 0.05) is 20.9 Å². The zero-order valence-corrected chi connectivity index (χ0v) is 24.3. The summed E-state index contributed by atoms with van der Waals surface area (Å²) in [6.45, 7) is 4.47. The van der Waals surface area contributed by atoms with E-state index in [1.807, 2.05) is 0 Å². The van der Waals surface area contributed by atoms with Gasteiger partial charge in [0.2, 0.25) is 0 Å². The Bertz CT molecular complexity index is 1160. The highest BCUT2D eigenvalue weighted by atomic mass is 79.9. The van der Waals surface area contributed by atoms with Crippen molar-refractivity contribution in [2.75, 3.05) is 0 Å². The molecule has 196 valence electrons. The molecule has 1 heterocycles. The first kappa shape index (κ1) is 23.6. The lowest BCUT2D eigenvalue weighted by Crippen LogP contribution is -2.37. The van der Waals surface area contributed by atoms with Crippen molar-refractivity contribution in [2.24, 2.45) is 35.5 Å². The Labute approximate surface area is 231 Å². The molecule has 6 bridgehead atoms. The number of aromatic nitrogens is 3. The largest absolute Gasteiger partial charge is 0.217 e. The number of fused-ring (bicyclic) bond motifs is 4. The van der Waals surface area contributed by atoms with Crippen molar-refractivity contribution in [3.8, 4) is 11.4 Å². The van der Waals surface area contributed by atoms with E-state index in [0.717, 1.165) is 45.8 Å². The molecule has 1 aromatic carbocycles. The second-order valence-electron chi connectivity index (χ2n) is 14.6. The minimum Gasteiger partial charge on any atom is -0.217 e. The normalized spacial score (nSPS) is 41.7. The molecular formula is C33H42BrN3. The zero-order valence-electron chi connectivity index (χ0n) is 22.7. The van der Waals surface area contributed by atoms with Gasteiger partial charge in [0.05, 0.1) is 0 Å². The van der Waals surface area contributed by atoms with Crippen molar-refractivity contribution >= 4 is 15.9 Å². The number of hydrogen-bond acceptors (Lipinski definition) is 3. The lowest BCUT2D eigenvalue weighted by molar-refractivity contribution is 0.198. The van der Waals surface area contributed by atoms with Gasteiger partial charge in [-0.15, -0.1) is 0 Å². The van der Waals surface area contributed by atoms with Gasteiger partial charge in [0.15, 0.2) is 5.82 Å². The van der Waals surface area contributed by atoms with Crippen molar-refractivity contribution in [3.63, 3.8) is 0 Å². The molecule has 4 heteroatoms. The third-order valence-electron chi connectivity index (χ3n) is 12.3. The molecule has 6 saturated carbocycles. The Morgan fingerprint density at radius 3 is 1.65 bits per heavy atom. The van der Waals surface area contributed by atoms with Crippen LogP contribution in [0.4, 0.5) is 0 Å². The van der Waals surface area contributed by atoms with Crippen molar-refractivity contribution < 1.29 is 0 Å². The van der Waals surface area contributed by atoms with Crippen LogP contribution in [0.5, 0.6) is 0 Å². The van der Waals surface area contributed by atoms with Crippen LogP contribution in [0.25, 0.3) is 11.4 Å². The Balaban J connectivity index is 1.30. The Hall–Kier alpha value is -1.29. The fourth-order valence-electron chi connectivity index (χ4n) is 11.1. The summed E-state index contributed by atoms with van der Waals surface area (Å²) in [5, 5.41) is 0. The molecule has 6 fully saturated rings. The van der Waals surface area contributed by atoms with E-state index in [1.165, 1.54) is 118 Å². The predicted molar refractivity (Wildman–Crippen MR) is 151 cm³/mol. The van der Waals surface area contributed by atoms with Crippen molar-refractivity contribution in [1.82, 2.24) is 15.0 Å². The molecule has 1 aromatic heterocycles. The van der Waals surface area contributed by atoms with Crippen LogP contribution in [0.1, 0.15) is 113 Å². The van der Waals surface area contributed by atoms with Crippen molar-refractivity contribution in [1.29, 1.82) is 0 Å². The summed E-state index contributed by atoms with van der Waals surface area (Å²) in [4.78, 5) is 16.6. The summed E-state index contributed by atoms with van der Waals surface area (Å²) in [5.74, 6) is 8.75. The number of halogens is 1. The van der Waals surface area contributed by atoms with E-state index in [2.05, 4.69) is 41.9 Å². The summed E-state index contributed by atoms with van der Waals surface area (Å²) in [6.07, 6.45) is 19.5. The molecule has 0 N–H and O–H groups in total. The van der Waals surface area contributed by atoms with E-state index >= 15 is 0 Å². The van der Waals surface area contributed by atoms with Gasteiger partial charge in [0.25, 0.3) is 0 Å². The number of aryl methyl sites for hydroxylation is 2. The first-order valence-corrected chi connectivity index (χ1v) is 16.2. The molecule has 0 amide bonds. The van der Waals surface area contributed by atoms with E-state index in [9.17, 15) is 0 Å². The minimum absolute atomic E-state index is 0.196. The van der Waals surface area contributed by atoms with Crippen LogP contribution in [-0.4, -0.2) is 15.0 Å². The molecule has 6 aliphatic rings. The lowest BCUT2D eigenvalue weighted by atomic mass is 9.68. The SMILES string of the molecule is Cc1cc(Br)cc(C)c1-c1nc(C23CC4CCCC(C2)C(C4)C3)nc(C23CC4CCCC(C2)C(C4)C3)n1. The molecule has 8 rings (SSSR count). The monoisotopic (exact) mass is 559 g/mol. The first-order valence-electron chi connectivity index (χ1n) is 15.4. The second-order valence-corrected chi connectivity index (χ2v) is 15.5. The molecule has 8 atom stereocenters. The topological polar surface area (TPSA) is 38.7 Å². The molecule has 2 aromatic rings. The molecule has 8 unspecified atom stereocenters. The van der Waals surface area contributed by atoms with E-state index in [-0.39, 0.29) is 10.8 Å². The summed E-state index contributed by atoms with van der Waals surface area (Å²) in [5.41, 5.74) is 4.19. The minimum atomic E-state index is 0.196. The van der Waals surface area contributed by atoms with E-state index < -0.39 is 0 Å². The lowest BCUT2D eigenvalue weighted by Gasteiger charge is -2.39. The number of benzene rings is 1. The fraction of sp³-hybridized carbons (Fsp3) is 0.727. The van der Waals surface area contributed by atoms with E-state index in [1.54, 1.807) is 0 Å². The summed E-state index contributed by atoms with van der Waals surface area (Å²) in [7, 11) is 0. The van der Waals surface area contributed by atoms with Crippen LogP contribution in [0.3, 0.4) is 0 Å². The standard InChI is InChI=1S/C33H42BrN3/c1-19-9-27(34)10-20(2)28(19)29-35-30(32-13-21-5-3-7-23(15-32)25(11-21)17-32)37-31(36-29)33-14-22-6-4-8-24(16-33)26(12-22)18-33/h9-10,21-26H,3-8,11-18H2,1-2H3.